The Morgan fingerprint density at radius 1 is 1.53 bits per heavy atom. The molecule has 1 rings (SSSR count). The number of nitrogens with two attached hydrogens (primary N) is 1. The Bertz CT molecular complexity index is 391. The van der Waals surface area contributed by atoms with Gasteiger partial charge in [-0.25, -0.2) is 0 Å². The van der Waals surface area contributed by atoms with E-state index in [4.69, 9.17) is 10.5 Å². The molecule has 0 aliphatic rings. The minimum Gasteiger partial charge on any atom is -0.383 e. The van der Waals surface area contributed by atoms with Gasteiger partial charge >= 0.3 is 0 Å². The van der Waals surface area contributed by atoms with Crippen molar-refractivity contribution in [2.45, 2.75) is 26.4 Å². The second kappa shape index (κ2) is 6.37. The minimum absolute atomic E-state index is 0.301. The van der Waals surface area contributed by atoms with Crippen LogP contribution in [0.3, 0.4) is 0 Å². The maximum atomic E-state index is 11.0. The topological polar surface area (TPSA) is 64.3 Å². The van der Waals surface area contributed by atoms with Crippen molar-refractivity contribution < 1.29 is 9.53 Å². The number of methoxy groups -OCH3 is 1. The first-order valence-electron chi connectivity index (χ1n) is 5.66. The van der Waals surface area contributed by atoms with E-state index in [0.29, 0.717) is 18.2 Å². The molecular formula is C13H20N2O2. The van der Waals surface area contributed by atoms with Crippen molar-refractivity contribution in [2.24, 2.45) is 5.73 Å². The Kier molecular flexibility index (Phi) is 5.12. The number of rotatable bonds is 6. The number of hydrogen-bond donors (Lipinski definition) is 2. The van der Waals surface area contributed by atoms with Crippen molar-refractivity contribution in [1.82, 2.24) is 5.32 Å². The third-order valence-corrected chi connectivity index (χ3v) is 2.68. The molecule has 0 saturated heterocycles. The summed E-state index contributed by atoms with van der Waals surface area (Å²) in [7, 11) is 1.69. The molecule has 0 bridgehead atoms. The number of aryl methyl sites for hydroxylation is 1. The zero-order valence-electron chi connectivity index (χ0n) is 10.6. The fourth-order valence-corrected chi connectivity index (χ4v) is 1.64. The van der Waals surface area contributed by atoms with Crippen molar-refractivity contribution in [1.29, 1.82) is 0 Å². The molecule has 0 aliphatic heterocycles. The van der Waals surface area contributed by atoms with Gasteiger partial charge in [-0.2, -0.15) is 0 Å². The zero-order valence-corrected chi connectivity index (χ0v) is 10.6. The van der Waals surface area contributed by atoms with Crippen molar-refractivity contribution >= 4 is 5.91 Å². The molecule has 0 aliphatic carbocycles. The summed E-state index contributed by atoms with van der Waals surface area (Å²) in [5.74, 6) is -0.389. The van der Waals surface area contributed by atoms with E-state index in [1.54, 1.807) is 13.2 Å². The van der Waals surface area contributed by atoms with Crippen LogP contribution >= 0.6 is 0 Å². The Balaban J connectivity index is 2.63. The van der Waals surface area contributed by atoms with Gasteiger partial charge in [-0.05, 0) is 37.1 Å². The fourth-order valence-electron chi connectivity index (χ4n) is 1.64. The van der Waals surface area contributed by atoms with Crippen LogP contribution in [0, 0.1) is 6.92 Å². The Morgan fingerprint density at radius 2 is 2.24 bits per heavy atom. The third kappa shape index (κ3) is 4.17. The number of nitrogens with one attached hydrogen (secondary N) is 1. The van der Waals surface area contributed by atoms with Crippen LogP contribution in [0.5, 0.6) is 0 Å². The van der Waals surface area contributed by atoms with Crippen molar-refractivity contribution in [3.8, 4) is 0 Å². The van der Waals surface area contributed by atoms with E-state index < -0.39 is 0 Å². The molecular weight excluding hydrogens is 216 g/mol. The first-order chi connectivity index (χ1) is 8.04. The molecule has 1 aromatic rings. The lowest BCUT2D eigenvalue weighted by molar-refractivity contribution is 0.1000. The first-order valence-corrected chi connectivity index (χ1v) is 5.66. The predicted molar refractivity (Wildman–Crippen MR) is 67.9 cm³/mol. The van der Waals surface area contributed by atoms with E-state index in [-0.39, 0.29) is 5.91 Å². The van der Waals surface area contributed by atoms with E-state index in [9.17, 15) is 4.79 Å². The van der Waals surface area contributed by atoms with Gasteiger partial charge in [-0.3, -0.25) is 4.79 Å². The monoisotopic (exact) mass is 236 g/mol. The first kappa shape index (κ1) is 13.7. The maximum Gasteiger partial charge on any atom is 0.248 e. The Hall–Kier alpha value is -1.39. The van der Waals surface area contributed by atoms with E-state index in [1.165, 1.54) is 0 Å². The summed E-state index contributed by atoms with van der Waals surface area (Å²) in [6.07, 6.45) is 0. The highest BCUT2D eigenvalue weighted by atomic mass is 16.5. The van der Waals surface area contributed by atoms with Gasteiger partial charge in [0, 0.05) is 25.3 Å². The summed E-state index contributed by atoms with van der Waals surface area (Å²) in [4.78, 5) is 11.0. The zero-order chi connectivity index (χ0) is 12.8. The van der Waals surface area contributed by atoms with Gasteiger partial charge in [0.25, 0.3) is 0 Å². The molecule has 0 aromatic heterocycles. The van der Waals surface area contributed by atoms with Gasteiger partial charge in [0.05, 0.1) is 6.61 Å². The predicted octanol–water partition coefficient (Wildman–Crippen LogP) is 1.22. The van der Waals surface area contributed by atoms with Gasteiger partial charge in [-0.1, -0.05) is 6.07 Å². The summed E-state index contributed by atoms with van der Waals surface area (Å²) in [5.41, 5.74) is 8.01. The molecule has 1 aromatic carbocycles. The van der Waals surface area contributed by atoms with Crippen LogP contribution < -0.4 is 11.1 Å². The van der Waals surface area contributed by atoms with E-state index >= 15 is 0 Å². The number of amides is 1. The molecule has 0 saturated carbocycles. The lowest BCUT2D eigenvalue weighted by Crippen LogP contribution is -2.29. The van der Waals surface area contributed by atoms with Crippen LogP contribution in [0.1, 0.15) is 28.4 Å². The summed E-state index contributed by atoms with van der Waals surface area (Å²) in [6, 6.07) is 5.81. The molecule has 1 amide bonds. The minimum atomic E-state index is -0.389. The molecule has 4 nitrogen and oxygen atoms in total. The average molecular weight is 236 g/mol. The SMILES string of the molecule is COCC(C)NCc1ccc(C(N)=O)cc1C. The summed E-state index contributed by atoms with van der Waals surface area (Å²) >= 11 is 0. The highest BCUT2D eigenvalue weighted by Gasteiger charge is 2.05. The number of ether oxygens (including phenoxy) is 1. The fraction of sp³-hybridized carbons (Fsp3) is 0.462. The highest BCUT2D eigenvalue weighted by Crippen LogP contribution is 2.10. The summed E-state index contributed by atoms with van der Waals surface area (Å²) < 4.78 is 5.05. The maximum absolute atomic E-state index is 11.0. The summed E-state index contributed by atoms with van der Waals surface area (Å²) in [6.45, 7) is 5.48. The van der Waals surface area contributed by atoms with Gasteiger partial charge in [0.15, 0.2) is 0 Å². The molecule has 17 heavy (non-hydrogen) atoms. The lowest BCUT2D eigenvalue weighted by Gasteiger charge is -2.14. The average Bonchev–Trinajstić information content (AvgIpc) is 2.27. The molecule has 0 spiro atoms. The van der Waals surface area contributed by atoms with Gasteiger partial charge in [0.1, 0.15) is 0 Å². The third-order valence-electron chi connectivity index (χ3n) is 2.68. The molecule has 0 radical (unpaired) electrons. The Morgan fingerprint density at radius 3 is 2.76 bits per heavy atom. The van der Waals surface area contributed by atoms with Crippen LogP contribution in [-0.4, -0.2) is 25.7 Å². The second-order valence-corrected chi connectivity index (χ2v) is 4.24. The number of carbonyl (C=O) groups excluding carboxylic acids is 1. The largest absolute Gasteiger partial charge is 0.383 e. The standard InChI is InChI=1S/C13H20N2O2/c1-9-6-11(13(14)16)4-5-12(9)7-15-10(2)8-17-3/h4-6,10,15H,7-8H2,1-3H3,(H2,14,16). The normalized spacial score (nSPS) is 12.4. The van der Waals surface area contributed by atoms with E-state index in [2.05, 4.69) is 12.2 Å². The number of carbonyl (C=O) groups is 1. The van der Waals surface area contributed by atoms with Crippen LogP contribution in [-0.2, 0) is 11.3 Å². The van der Waals surface area contributed by atoms with Gasteiger partial charge < -0.3 is 15.8 Å². The number of benzene rings is 1. The quantitative estimate of drug-likeness (QED) is 0.780. The molecule has 1 atom stereocenters. The van der Waals surface area contributed by atoms with Gasteiger partial charge in [-0.15, -0.1) is 0 Å². The van der Waals surface area contributed by atoms with Crippen molar-refractivity contribution in [2.75, 3.05) is 13.7 Å². The molecule has 94 valence electrons. The Labute approximate surface area is 102 Å². The van der Waals surface area contributed by atoms with Crippen LogP contribution in [0.4, 0.5) is 0 Å². The van der Waals surface area contributed by atoms with Crippen LogP contribution in [0.2, 0.25) is 0 Å². The van der Waals surface area contributed by atoms with Gasteiger partial charge in [0.2, 0.25) is 5.91 Å². The molecule has 0 fully saturated rings. The van der Waals surface area contributed by atoms with E-state index in [1.807, 2.05) is 19.1 Å². The lowest BCUT2D eigenvalue weighted by atomic mass is 10.0. The molecule has 3 N–H and O–H groups in total. The van der Waals surface area contributed by atoms with Crippen LogP contribution in [0.15, 0.2) is 18.2 Å². The molecule has 4 heteroatoms. The highest BCUT2D eigenvalue weighted by molar-refractivity contribution is 5.93. The smallest absolute Gasteiger partial charge is 0.248 e. The second-order valence-electron chi connectivity index (χ2n) is 4.24. The molecule has 0 heterocycles. The molecule has 1 unspecified atom stereocenters. The van der Waals surface area contributed by atoms with Crippen LogP contribution in [0.25, 0.3) is 0 Å². The number of primary amides is 1. The summed E-state index contributed by atoms with van der Waals surface area (Å²) in [5, 5.41) is 3.35. The number of hydrogen-bond acceptors (Lipinski definition) is 3. The van der Waals surface area contributed by atoms with Crippen molar-refractivity contribution in [3.05, 3.63) is 34.9 Å². The van der Waals surface area contributed by atoms with Crippen molar-refractivity contribution in [3.63, 3.8) is 0 Å². The van der Waals surface area contributed by atoms with E-state index in [0.717, 1.165) is 17.7 Å².